The standard InChI is InChI=1S/C14H23N3O2S/c1-3-13(15-4-2)14-6-5-12(11-16-14)17-7-9-20(18,19)10-8-17/h5-6,11,13,15H,3-4,7-10H2,1-2H3. The Balaban J connectivity index is 2.05. The van der Waals surface area contributed by atoms with Crippen molar-refractivity contribution >= 4 is 15.5 Å². The molecule has 1 fully saturated rings. The average molecular weight is 297 g/mol. The van der Waals surface area contributed by atoms with E-state index in [1.165, 1.54) is 0 Å². The van der Waals surface area contributed by atoms with Gasteiger partial charge in [-0.05, 0) is 25.1 Å². The Morgan fingerprint density at radius 3 is 2.50 bits per heavy atom. The Morgan fingerprint density at radius 2 is 2.00 bits per heavy atom. The van der Waals surface area contributed by atoms with Gasteiger partial charge >= 0.3 is 0 Å². The van der Waals surface area contributed by atoms with E-state index in [-0.39, 0.29) is 17.5 Å². The monoisotopic (exact) mass is 297 g/mol. The van der Waals surface area contributed by atoms with E-state index in [2.05, 4.69) is 29.0 Å². The molecule has 20 heavy (non-hydrogen) atoms. The van der Waals surface area contributed by atoms with E-state index in [0.717, 1.165) is 24.3 Å². The quantitative estimate of drug-likeness (QED) is 0.889. The highest BCUT2D eigenvalue weighted by Crippen LogP contribution is 2.20. The summed E-state index contributed by atoms with van der Waals surface area (Å²) in [5, 5.41) is 3.40. The van der Waals surface area contributed by atoms with Crippen LogP contribution in [-0.4, -0.2) is 44.5 Å². The van der Waals surface area contributed by atoms with Gasteiger partial charge in [0.1, 0.15) is 0 Å². The Morgan fingerprint density at radius 1 is 1.30 bits per heavy atom. The molecule has 1 N–H and O–H groups in total. The highest BCUT2D eigenvalue weighted by Gasteiger charge is 2.22. The van der Waals surface area contributed by atoms with Crippen molar-refractivity contribution in [1.82, 2.24) is 10.3 Å². The molecule has 1 aromatic heterocycles. The van der Waals surface area contributed by atoms with Crippen LogP contribution in [0.3, 0.4) is 0 Å². The SMILES string of the molecule is CCNC(CC)c1ccc(N2CCS(=O)(=O)CC2)cn1. The molecule has 0 radical (unpaired) electrons. The van der Waals surface area contributed by atoms with Crippen LogP contribution < -0.4 is 10.2 Å². The van der Waals surface area contributed by atoms with E-state index in [0.29, 0.717) is 13.1 Å². The highest BCUT2D eigenvalue weighted by atomic mass is 32.2. The third-order valence-corrected chi connectivity index (χ3v) is 5.31. The maximum absolute atomic E-state index is 11.4. The Labute approximate surface area is 121 Å². The molecule has 0 spiro atoms. The van der Waals surface area contributed by atoms with Gasteiger partial charge in [0.25, 0.3) is 0 Å². The molecule has 0 amide bonds. The first-order valence-corrected chi connectivity index (χ1v) is 9.02. The third-order valence-electron chi connectivity index (χ3n) is 3.70. The van der Waals surface area contributed by atoms with Crippen LogP contribution in [0.4, 0.5) is 5.69 Å². The van der Waals surface area contributed by atoms with Crippen LogP contribution >= 0.6 is 0 Å². The topological polar surface area (TPSA) is 62.3 Å². The number of sulfone groups is 1. The highest BCUT2D eigenvalue weighted by molar-refractivity contribution is 7.91. The predicted octanol–water partition coefficient (Wildman–Crippen LogP) is 1.38. The zero-order chi connectivity index (χ0) is 14.6. The Hall–Kier alpha value is -1.14. The number of anilines is 1. The van der Waals surface area contributed by atoms with Gasteiger partial charge in [0.05, 0.1) is 29.1 Å². The molecule has 1 saturated heterocycles. The third kappa shape index (κ3) is 3.70. The van der Waals surface area contributed by atoms with E-state index in [4.69, 9.17) is 0 Å². The predicted molar refractivity (Wildman–Crippen MR) is 81.8 cm³/mol. The summed E-state index contributed by atoms with van der Waals surface area (Å²) >= 11 is 0. The van der Waals surface area contributed by atoms with Crippen molar-refractivity contribution in [3.05, 3.63) is 24.0 Å². The fraction of sp³-hybridized carbons (Fsp3) is 0.643. The molecule has 1 aliphatic rings. The van der Waals surface area contributed by atoms with Crippen LogP contribution in [0.5, 0.6) is 0 Å². The largest absolute Gasteiger partial charge is 0.368 e. The van der Waals surface area contributed by atoms with Crippen LogP contribution in [0.25, 0.3) is 0 Å². The van der Waals surface area contributed by atoms with E-state index >= 15 is 0 Å². The summed E-state index contributed by atoms with van der Waals surface area (Å²) in [6.45, 7) is 6.27. The van der Waals surface area contributed by atoms with Gasteiger partial charge in [-0.15, -0.1) is 0 Å². The molecule has 0 saturated carbocycles. The zero-order valence-electron chi connectivity index (χ0n) is 12.2. The molecule has 1 aromatic rings. The van der Waals surface area contributed by atoms with E-state index in [1.54, 1.807) is 0 Å². The van der Waals surface area contributed by atoms with Gasteiger partial charge in [-0.25, -0.2) is 8.42 Å². The minimum absolute atomic E-state index is 0.240. The first-order chi connectivity index (χ1) is 9.55. The molecular weight excluding hydrogens is 274 g/mol. The summed E-state index contributed by atoms with van der Waals surface area (Å²) in [7, 11) is -2.83. The molecule has 2 heterocycles. The van der Waals surface area contributed by atoms with Gasteiger partial charge in [-0.2, -0.15) is 0 Å². The van der Waals surface area contributed by atoms with Gasteiger partial charge < -0.3 is 10.2 Å². The van der Waals surface area contributed by atoms with Crippen molar-refractivity contribution in [3.8, 4) is 0 Å². The molecule has 5 nitrogen and oxygen atoms in total. The second-order valence-electron chi connectivity index (χ2n) is 5.10. The summed E-state index contributed by atoms with van der Waals surface area (Å²) in [6.07, 6.45) is 2.86. The molecular formula is C14H23N3O2S. The number of pyridine rings is 1. The number of hydrogen-bond donors (Lipinski definition) is 1. The maximum atomic E-state index is 11.4. The molecule has 2 rings (SSSR count). The smallest absolute Gasteiger partial charge is 0.153 e. The summed E-state index contributed by atoms with van der Waals surface area (Å²) < 4.78 is 22.9. The number of nitrogens with one attached hydrogen (secondary N) is 1. The second kappa shape index (κ2) is 6.54. The van der Waals surface area contributed by atoms with Gasteiger partial charge in [0.2, 0.25) is 0 Å². The van der Waals surface area contributed by atoms with Gasteiger partial charge in [0.15, 0.2) is 9.84 Å². The van der Waals surface area contributed by atoms with Crippen LogP contribution in [-0.2, 0) is 9.84 Å². The molecule has 1 aliphatic heterocycles. The van der Waals surface area contributed by atoms with Crippen LogP contribution in [0.2, 0.25) is 0 Å². The number of rotatable bonds is 5. The summed E-state index contributed by atoms with van der Waals surface area (Å²) in [4.78, 5) is 6.62. The van der Waals surface area contributed by atoms with Crippen LogP contribution in [0.1, 0.15) is 32.0 Å². The summed E-state index contributed by atoms with van der Waals surface area (Å²) in [5.41, 5.74) is 2.05. The lowest BCUT2D eigenvalue weighted by Gasteiger charge is -2.28. The fourth-order valence-electron chi connectivity index (χ4n) is 2.47. The van der Waals surface area contributed by atoms with Crippen molar-refractivity contribution in [3.63, 3.8) is 0 Å². The van der Waals surface area contributed by atoms with E-state index < -0.39 is 9.84 Å². The van der Waals surface area contributed by atoms with Crippen LogP contribution in [0.15, 0.2) is 18.3 Å². The molecule has 112 valence electrons. The van der Waals surface area contributed by atoms with Crippen LogP contribution in [0, 0.1) is 0 Å². The Kier molecular flexibility index (Phi) is 4.99. The van der Waals surface area contributed by atoms with Crippen molar-refractivity contribution in [2.24, 2.45) is 0 Å². The Bertz CT molecular complexity index is 514. The second-order valence-corrected chi connectivity index (χ2v) is 7.40. The van der Waals surface area contributed by atoms with Crippen molar-refractivity contribution < 1.29 is 8.42 Å². The van der Waals surface area contributed by atoms with Crippen molar-refractivity contribution in [2.75, 3.05) is 36.0 Å². The lowest BCUT2D eigenvalue weighted by molar-refractivity contribution is 0.524. The zero-order valence-corrected chi connectivity index (χ0v) is 13.0. The lowest BCUT2D eigenvalue weighted by Crippen LogP contribution is -2.40. The fourth-order valence-corrected chi connectivity index (χ4v) is 3.67. The van der Waals surface area contributed by atoms with Gasteiger partial charge in [-0.1, -0.05) is 13.8 Å². The van der Waals surface area contributed by atoms with Gasteiger partial charge in [0, 0.05) is 19.1 Å². The molecule has 0 bridgehead atoms. The summed E-state index contributed by atoms with van der Waals surface area (Å²) in [6, 6.07) is 4.37. The van der Waals surface area contributed by atoms with E-state index in [1.807, 2.05) is 18.3 Å². The normalized spacial score (nSPS) is 19.8. The molecule has 0 aliphatic carbocycles. The molecule has 1 atom stereocenters. The van der Waals surface area contributed by atoms with E-state index in [9.17, 15) is 8.42 Å². The summed E-state index contributed by atoms with van der Waals surface area (Å²) in [5.74, 6) is 0.480. The number of hydrogen-bond acceptors (Lipinski definition) is 5. The first-order valence-electron chi connectivity index (χ1n) is 7.20. The molecule has 0 aromatic carbocycles. The number of nitrogens with zero attached hydrogens (tertiary/aromatic N) is 2. The van der Waals surface area contributed by atoms with Crippen molar-refractivity contribution in [2.45, 2.75) is 26.3 Å². The lowest BCUT2D eigenvalue weighted by atomic mass is 10.1. The minimum atomic E-state index is -2.83. The average Bonchev–Trinajstić information content (AvgIpc) is 2.45. The molecule has 1 unspecified atom stereocenters. The van der Waals surface area contributed by atoms with Gasteiger partial charge in [-0.3, -0.25) is 4.98 Å². The maximum Gasteiger partial charge on any atom is 0.153 e. The molecule has 6 heteroatoms. The number of aromatic nitrogens is 1. The van der Waals surface area contributed by atoms with Crippen molar-refractivity contribution in [1.29, 1.82) is 0 Å². The first kappa shape index (κ1) is 15.3. The minimum Gasteiger partial charge on any atom is -0.368 e.